The van der Waals surface area contributed by atoms with Gasteiger partial charge in [0.2, 0.25) is 0 Å². The average molecular weight is 336 g/mol. The van der Waals surface area contributed by atoms with Gasteiger partial charge in [-0.3, -0.25) is 4.79 Å². The molecule has 0 saturated heterocycles. The second-order valence-corrected chi connectivity index (χ2v) is 5.36. The fourth-order valence-corrected chi connectivity index (χ4v) is 2.95. The van der Waals surface area contributed by atoms with Crippen molar-refractivity contribution in [3.8, 4) is 0 Å². The van der Waals surface area contributed by atoms with Crippen molar-refractivity contribution in [2.75, 3.05) is 14.2 Å². The van der Waals surface area contributed by atoms with Crippen LogP contribution in [0.5, 0.6) is 0 Å². The molecule has 0 fully saturated rings. The second kappa shape index (κ2) is 6.68. The van der Waals surface area contributed by atoms with E-state index >= 15 is 0 Å². The molecule has 1 aliphatic rings. The van der Waals surface area contributed by atoms with Crippen LogP contribution >= 0.6 is 0 Å². The van der Waals surface area contributed by atoms with Crippen molar-refractivity contribution in [1.82, 2.24) is 0 Å². The molecule has 3 rings (SSSR count). The highest BCUT2D eigenvalue weighted by Crippen LogP contribution is 2.36. The number of rotatable bonds is 4. The molecule has 0 spiro atoms. The largest absolute Gasteiger partial charge is 0.468 e. The smallest absolute Gasteiger partial charge is 0.356 e. The molecule has 1 heterocycles. The van der Waals surface area contributed by atoms with Crippen molar-refractivity contribution in [2.24, 2.45) is 10.2 Å². The van der Waals surface area contributed by atoms with Crippen molar-refractivity contribution in [3.63, 3.8) is 0 Å². The molecule has 25 heavy (non-hydrogen) atoms. The lowest BCUT2D eigenvalue weighted by Gasteiger charge is -2.28. The van der Waals surface area contributed by atoms with E-state index in [0.717, 1.165) is 0 Å². The molecule has 0 bridgehead atoms. The van der Waals surface area contributed by atoms with E-state index in [1.165, 1.54) is 14.2 Å². The summed E-state index contributed by atoms with van der Waals surface area (Å²) in [5, 5.41) is 8.15. The maximum absolute atomic E-state index is 13.0. The number of hydrogen-bond acceptors (Lipinski definition) is 6. The van der Waals surface area contributed by atoms with E-state index in [0.29, 0.717) is 16.8 Å². The molecule has 6 nitrogen and oxygen atoms in total. The summed E-state index contributed by atoms with van der Waals surface area (Å²) >= 11 is 0. The van der Waals surface area contributed by atoms with Crippen LogP contribution in [0.1, 0.15) is 11.1 Å². The number of nitrogens with zero attached hydrogens (tertiary/aromatic N) is 2. The lowest BCUT2D eigenvalue weighted by Crippen LogP contribution is -2.52. The summed E-state index contributed by atoms with van der Waals surface area (Å²) in [5.74, 6) is -1.38. The van der Waals surface area contributed by atoms with Crippen molar-refractivity contribution in [1.29, 1.82) is 0 Å². The van der Waals surface area contributed by atoms with E-state index in [1.807, 2.05) is 24.3 Å². The normalized spacial score (nSPS) is 19.0. The van der Waals surface area contributed by atoms with Crippen LogP contribution in [-0.4, -0.2) is 37.6 Å². The van der Waals surface area contributed by atoms with Crippen LogP contribution in [0, 0.1) is 0 Å². The van der Waals surface area contributed by atoms with Crippen molar-refractivity contribution >= 4 is 23.4 Å². The number of benzene rings is 2. The van der Waals surface area contributed by atoms with Crippen LogP contribution in [-0.2, 0) is 24.5 Å². The highest BCUT2D eigenvalue weighted by molar-refractivity contribution is 6.54. The first kappa shape index (κ1) is 16.6. The fourth-order valence-electron chi connectivity index (χ4n) is 2.95. The summed E-state index contributed by atoms with van der Waals surface area (Å²) in [6.07, 6.45) is 0. The number of methoxy groups -OCH3 is 2. The molecule has 0 saturated carbocycles. The zero-order chi connectivity index (χ0) is 17.9. The molecule has 0 aliphatic carbocycles. The number of hydrogen-bond donors (Lipinski definition) is 0. The molecule has 0 N–H and O–H groups in total. The van der Waals surface area contributed by atoms with Gasteiger partial charge in [0.15, 0.2) is 11.1 Å². The molecule has 1 unspecified atom stereocenters. The van der Waals surface area contributed by atoms with E-state index in [9.17, 15) is 9.59 Å². The molecule has 6 heteroatoms. The Balaban J connectivity index is 2.31. The van der Waals surface area contributed by atoms with Crippen LogP contribution in [0.25, 0.3) is 0 Å². The number of carbonyl (C=O) groups is 2. The maximum Gasteiger partial charge on any atom is 0.356 e. The third-order valence-electron chi connectivity index (χ3n) is 4.08. The topological polar surface area (TPSA) is 77.3 Å². The summed E-state index contributed by atoms with van der Waals surface area (Å²) < 4.78 is 9.90. The first-order valence-electron chi connectivity index (χ1n) is 7.60. The van der Waals surface area contributed by atoms with Gasteiger partial charge in [0.25, 0.3) is 0 Å². The molecule has 0 radical (unpaired) electrons. The van der Waals surface area contributed by atoms with Crippen molar-refractivity contribution in [3.05, 3.63) is 71.8 Å². The molecule has 1 atom stereocenters. The molecule has 0 aromatic heterocycles. The Hall–Kier alpha value is -3.28. The second-order valence-electron chi connectivity index (χ2n) is 5.36. The fraction of sp³-hybridized carbons (Fsp3) is 0.158. The summed E-state index contributed by atoms with van der Waals surface area (Å²) in [5.41, 5.74) is -0.172. The van der Waals surface area contributed by atoms with E-state index in [-0.39, 0.29) is 5.71 Å². The van der Waals surface area contributed by atoms with Gasteiger partial charge in [-0.1, -0.05) is 60.7 Å². The standard InChI is InChI=1S/C19H16N2O4/c1-24-17(22)16-19(18(23)25-2,14-11-7-4-8-12-14)15(20-21-16)13-9-5-3-6-10-13/h3-12H,1-2H3. The Morgan fingerprint density at radius 2 is 1.44 bits per heavy atom. The molecular formula is C19H16N2O4. The van der Waals surface area contributed by atoms with Crippen molar-refractivity contribution < 1.29 is 19.1 Å². The van der Waals surface area contributed by atoms with Gasteiger partial charge in [-0.25, -0.2) is 4.79 Å². The van der Waals surface area contributed by atoms with Gasteiger partial charge in [-0.2, -0.15) is 5.10 Å². The Bertz CT molecular complexity index is 860. The number of carbonyl (C=O) groups excluding carboxylic acids is 2. The minimum atomic E-state index is -1.58. The number of esters is 2. The van der Waals surface area contributed by atoms with Crippen LogP contribution in [0.15, 0.2) is 70.9 Å². The van der Waals surface area contributed by atoms with Gasteiger partial charge in [-0.15, -0.1) is 5.10 Å². The molecule has 2 aromatic carbocycles. The lowest BCUT2D eigenvalue weighted by atomic mass is 9.70. The minimum Gasteiger partial charge on any atom is -0.468 e. The Kier molecular flexibility index (Phi) is 4.43. The highest BCUT2D eigenvalue weighted by Gasteiger charge is 2.57. The monoisotopic (exact) mass is 336 g/mol. The highest BCUT2D eigenvalue weighted by atomic mass is 16.5. The first-order chi connectivity index (χ1) is 12.2. The Morgan fingerprint density at radius 3 is 2.00 bits per heavy atom. The first-order valence-corrected chi connectivity index (χ1v) is 7.60. The van der Waals surface area contributed by atoms with Crippen LogP contribution in [0.4, 0.5) is 0 Å². The molecule has 126 valence electrons. The van der Waals surface area contributed by atoms with E-state index in [2.05, 4.69) is 10.2 Å². The van der Waals surface area contributed by atoms with Gasteiger partial charge >= 0.3 is 11.9 Å². The van der Waals surface area contributed by atoms with Gasteiger partial charge in [-0.05, 0) is 11.1 Å². The molecule has 0 amide bonds. The van der Waals surface area contributed by atoms with Crippen LogP contribution in [0.3, 0.4) is 0 Å². The van der Waals surface area contributed by atoms with Gasteiger partial charge in [0.1, 0.15) is 0 Å². The van der Waals surface area contributed by atoms with E-state index in [1.54, 1.807) is 36.4 Å². The zero-order valence-electron chi connectivity index (χ0n) is 13.8. The lowest BCUT2D eigenvalue weighted by molar-refractivity contribution is -0.144. The summed E-state index contributed by atoms with van der Waals surface area (Å²) in [4.78, 5) is 25.3. The predicted octanol–water partition coefficient (Wildman–Crippen LogP) is 2.13. The van der Waals surface area contributed by atoms with E-state index < -0.39 is 17.4 Å². The quantitative estimate of drug-likeness (QED) is 0.802. The Morgan fingerprint density at radius 1 is 0.840 bits per heavy atom. The molecule has 1 aliphatic heterocycles. The van der Waals surface area contributed by atoms with Gasteiger partial charge in [0, 0.05) is 0 Å². The van der Waals surface area contributed by atoms with Crippen LogP contribution in [0.2, 0.25) is 0 Å². The van der Waals surface area contributed by atoms with Crippen molar-refractivity contribution in [2.45, 2.75) is 5.41 Å². The summed E-state index contributed by atoms with van der Waals surface area (Å²) in [6.45, 7) is 0. The van der Waals surface area contributed by atoms with Crippen LogP contribution < -0.4 is 0 Å². The third-order valence-corrected chi connectivity index (χ3v) is 4.08. The summed E-state index contributed by atoms with van der Waals surface area (Å²) in [6, 6.07) is 17.9. The molecular weight excluding hydrogens is 320 g/mol. The average Bonchev–Trinajstić information content (AvgIpc) is 3.09. The zero-order valence-corrected chi connectivity index (χ0v) is 13.8. The minimum absolute atomic E-state index is 0.119. The molecule has 2 aromatic rings. The van der Waals surface area contributed by atoms with Gasteiger partial charge < -0.3 is 9.47 Å². The van der Waals surface area contributed by atoms with E-state index in [4.69, 9.17) is 9.47 Å². The SMILES string of the molecule is COC(=O)C1=NN=C(c2ccccc2)C1(C(=O)OC)c1ccccc1. The maximum atomic E-state index is 13.0. The number of ether oxygens (including phenoxy) is 2. The summed E-state index contributed by atoms with van der Waals surface area (Å²) in [7, 11) is 2.50. The predicted molar refractivity (Wildman–Crippen MR) is 92.6 cm³/mol. The Labute approximate surface area is 144 Å². The van der Waals surface area contributed by atoms with Gasteiger partial charge in [0.05, 0.1) is 19.9 Å². The third kappa shape index (κ3) is 2.52.